The highest BCUT2D eigenvalue weighted by molar-refractivity contribution is 7.21. The molecule has 140 valence electrons. The minimum absolute atomic E-state index is 0.175. The number of halogens is 1. The van der Waals surface area contributed by atoms with Crippen LogP contribution in [0.4, 0.5) is 0 Å². The monoisotopic (exact) mass is 409 g/mol. The van der Waals surface area contributed by atoms with Gasteiger partial charge in [-0.3, -0.25) is 9.36 Å². The van der Waals surface area contributed by atoms with Crippen LogP contribution in [0.15, 0.2) is 71.5 Å². The van der Waals surface area contributed by atoms with Crippen molar-refractivity contribution < 1.29 is 9.53 Å². The van der Waals surface area contributed by atoms with Crippen molar-refractivity contribution in [3.63, 3.8) is 0 Å². The summed E-state index contributed by atoms with van der Waals surface area (Å²) in [5, 5.41) is 1.42. The lowest BCUT2D eigenvalue weighted by molar-refractivity contribution is 0.0533. The van der Waals surface area contributed by atoms with Gasteiger partial charge in [-0.1, -0.05) is 41.9 Å². The number of fused-ring (bicyclic) bond motifs is 1. The van der Waals surface area contributed by atoms with Crippen LogP contribution in [0.25, 0.3) is 27.0 Å². The summed E-state index contributed by atoms with van der Waals surface area (Å²) in [6.45, 7) is 2.06. The number of aromatic nitrogens is 1. The molecule has 0 saturated carbocycles. The molecule has 6 heteroatoms. The molecule has 0 amide bonds. The molecule has 28 heavy (non-hydrogen) atoms. The molecule has 2 aromatic heterocycles. The molecule has 4 aromatic rings. The van der Waals surface area contributed by atoms with Crippen LogP contribution in [0.3, 0.4) is 0 Å². The lowest BCUT2D eigenvalue weighted by Crippen LogP contribution is -2.16. The van der Waals surface area contributed by atoms with Crippen LogP contribution < -0.4 is 5.56 Å². The first-order chi connectivity index (χ1) is 13.6. The Morgan fingerprint density at radius 2 is 1.75 bits per heavy atom. The van der Waals surface area contributed by atoms with Crippen molar-refractivity contribution in [2.75, 3.05) is 6.61 Å². The quantitative estimate of drug-likeness (QED) is 0.415. The average Bonchev–Trinajstić information content (AvgIpc) is 3.09. The third-order valence-corrected chi connectivity index (χ3v) is 5.77. The van der Waals surface area contributed by atoms with E-state index >= 15 is 0 Å². The highest BCUT2D eigenvalue weighted by Gasteiger charge is 2.23. The molecule has 0 saturated heterocycles. The first-order valence-corrected chi connectivity index (χ1v) is 9.96. The largest absolute Gasteiger partial charge is 0.462 e. The van der Waals surface area contributed by atoms with Crippen LogP contribution in [0, 0.1) is 0 Å². The highest BCUT2D eigenvalue weighted by atomic mass is 35.5. The van der Waals surface area contributed by atoms with E-state index in [0.717, 1.165) is 16.5 Å². The normalized spacial score (nSPS) is 10.9. The standard InChI is InChI=1S/C22H16ClNO3S/c1-2-27-22(26)20-19(14-6-4-3-5-7-14)17-12-13-18(25)24(21(17)28-20)16-10-8-15(23)9-11-16/h3-13H,2H2,1H3. The maximum atomic E-state index is 12.7. The third-order valence-electron chi connectivity index (χ3n) is 4.35. The molecule has 0 aliphatic heterocycles. The van der Waals surface area contributed by atoms with Crippen molar-refractivity contribution in [3.8, 4) is 16.8 Å². The van der Waals surface area contributed by atoms with Crippen LogP contribution in [0.5, 0.6) is 0 Å². The number of thiophene rings is 1. The number of benzene rings is 2. The topological polar surface area (TPSA) is 48.3 Å². The van der Waals surface area contributed by atoms with Crippen LogP contribution in [0.2, 0.25) is 5.02 Å². The Hall–Kier alpha value is -2.89. The van der Waals surface area contributed by atoms with Gasteiger partial charge in [0.05, 0.1) is 12.3 Å². The van der Waals surface area contributed by atoms with Crippen molar-refractivity contribution in [1.29, 1.82) is 0 Å². The van der Waals surface area contributed by atoms with Crippen LogP contribution in [-0.4, -0.2) is 17.1 Å². The van der Waals surface area contributed by atoms with E-state index in [1.807, 2.05) is 30.3 Å². The van der Waals surface area contributed by atoms with Gasteiger partial charge in [-0.15, -0.1) is 11.3 Å². The van der Waals surface area contributed by atoms with Gasteiger partial charge < -0.3 is 4.74 Å². The van der Waals surface area contributed by atoms with Gasteiger partial charge in [-0.2, -0.15) is 0 Å². The third kappa shape index (κ3) is 3.23. The summed E-state index contributed by atoms with van der Waals surface area (Å²) in [7, 11) is 0. The maximum Gasteiger partial charge on any atom is 0.349 e. The number of hydrogen-bond donors (Lipinski definition) is 0. The van der Waals surface area contributed by atoms with E-state index in [0.29, 0.717) is 20.4 Å². The molecular formula is C22H16ClNO3S. The number of ether oxygens (including phenoxy) is 1. The Labute approximate surface area is 170 Å². The molecule has 0 radical (unpaired) electrons. The summed E-state index contributed by atoms with van der Waals surface area (Å²) in [6.07, 6.45) is 0. The predicted molar refractivity (Wildman–Crippen MR) is 114 cm³/mol. The van der Waals surface area contributed by atoms with Gasteiger partial charge in [0.25, 0.3) is 5.56 Å². The zero-order valence-electron chi connectivity index (χ0n) is 15.0. The van der Waals surface area contributed by atoms with Crippen LogP contribution in [-0.2, 0) is 4.74 Å². The zero-order valence-corrected chi connectivity index (χ0v) is 16.6. The van der Waals surface area contributed by atoms with Gasteiger partial charge in [0, 0.05) is 22.0 Å². The zero-order chi connectivity index (χ0) is 19.7. The van der Waals surface area contributed by atoms with Gasteiger partial charge in [-0.05, 0) is 42.8 Å². The number of esters is 1. The lowest BCUT2D eigenvalue weighted by Gasteiger charge is -2.08. The van der Waals surface area contributed by atoms with Crippen molar-refractivity contribution in [2.24, 2.45) is 0 Å². The Kier molecular flexibility index (Phi) is 5.03. The Balaban J connectivity index is 2.06. The smallest absolute Gasteiger partial charge is 0.349 e. The molecule has 4 nitrogen and oxygen atoms in total. The van der Waals surface area contributed by atoms with Crippen molar-refractivity contribution in [2.45, 2.75) is 6.92 Å². The number of carbonyl (C=O) groups excluding carboxylic acids is 1. The maximum absolute atomic E-state index is 12.7. The molecular weight excluding hydrogens is 394 g/mol. The van der Waals surface area contributed by atoms with E-state index in [4.69, 9.17) is 16.3 Å². The summed E-state index contributed by atoms with van der Waals surface area (Å²) in [5.41, 5.74) is 2.20. The Bertz CT molecular complexity index is 1210. The second-order valence-electron chi connectivity index (χ2n) is 6.09. The number of hydrogen-bond acceptors (Lipinski definition) is 4. The summed E-state index contributed by atoms with van der Waals surface area (Å²) >= 11 is 7.26. The van der Waals surface area contributed by atoms with E-state index in [-0.39, 0.29) is 12.2 Å². The summed E-state index contributed by atoms with van der Waals surface area (Å²) in [5.74, 6) is -0.391. The minimum Gasteiger partial charge on any atom is -0.462 e. The van der Waals surface area contributed by atoms with Gasteiger partial charge in [0.15, 0.2) is 0 Å². The van der Waals surface area contributed by atoms with Gasteiger partial charge in [0.1, 0.15) is 9.71 Å². The number of carbonyl (C=O) groups is 1. The van der Waals surface area contributed by atoms with Gasteiger partial charge in [0.2, 0.25) is 0 Å². The van der Waals surface area contributed by atoms with E-state index < -0.39 is 5.97 Å². The number of rotatable bonds is 4. The van der Waals surface area contributed by atoms with E-state index in [1.54, 1.807) is 41.8 Å². The molecule has 2 aromatic carbocycles. The second kappa shape index (κ2) is 7.62. The molecule has 0 N–H and O–H groups in total. The number of nitrogens with zero attached hydrogens (tertiary/aromatic N) is 1. The summed E-state index contributed by atoms with van der Waals surface area (Å²) < 4.78 is 6.88. The molecule has 0 unspecified atom stereocenters. The Morgan fingerprint density at radius 3 is 2.43 bits per heavy atom. The molecule has 0 bridgehead atoms. The summed E-state index contributed by atoms with van der Waals surface area (Å²) in [4.78, 5) is 26.5. The predicted octanol–water partition coefficient (Wildman–Crippen LogP) is 5.55. The lowest BCUT2D eigenvalue weighted by atomic mass is 10.0. The van der Waals surface area contributed by atoms with E-state index in [9.17, 15) is 9.59 Å². The van der Waals surface area contributed by atoms with E-state index in [1.165, 1.54) is 17.4 Å². The second-order valence-corrected chi connectivity index (χ2v) is 7.53. The molecule has 0 aliphatic rings. The van der Waals surface area contributed by atoms with E-state index in [2.05, 4.69) is 0 Å². The van der Waals surface area contributed by atoms with Gasteiger partial charge in [-0.25, -0.2) is 4.79 Å². The SMILES string of the molecule is CCOC(=O)c1sc2c(ccc(=O)n2-c2ccc(Cl)cc2)c1-c1ccccc1. The van der Waals surface area contributed by atoms with Crippen molar-refractivity contribution >= 4 is 39.1 Å². The first-order valence-electron chi connectivity index (χ1n) is 8.77. The molecule has 0 fully saturated rings. The highest BCUT2D eigenvalue weighted by Crippen LogP contribution is 2.39. The molecule has 2 heterocycles. The molecule has 0 atom stereocenters. The Morgan fingerprint density at radius 1 is 1.04 bits per heavy atom. The van der Waals surface area contributed by atoms with Crippen molar-refractivity contribution in [1.82, 2.24) is 4.57 Å². The molecule has 4 rings (SSSR count). The van der Waals surface area contributed by atoms with Crippen molar-refractivity contribution in [3.05, 3.63) is 87.0 Å². The first kappa shape index (κ1) is 18.5. The van der Waals surface area contributed by atoms with Crippen LogP contribution >= 0.6 is 22.9 Å². The van der Waals surface area contributed by atoms with Gasteiger partial charge >= 0.3 is 5.97 Å². The average molecular weight is 410 g/mol. The number of pyridine rings is 1. The summed E-state index contributed by atoms with van der Waals surface area (Å²) in [6, 6.07) is 20.0. The fourth-order valence-electron chi connectivity index (χ4n) is 3.15. The van der Waals surface area contributed by atoms with Crippen LogP contribution in [0.1, 0.15) is 16.6 Å². The fourth-order valence-corrected chi connectivity index (χ4v) is 4.51. The fraction of sp³-hybridized carbons (Fsp3) is 0.0909. The molecule has 0 aliphatic carbocycles. The minimum atomic E-state index is -0.391. The molecule has 0 spiro atoms.